The summed E-state index contributed by atoms with van der Waals surface area (Å²) in [4.78, 5) is 35.0. The molecular formula is C21H22N4O4. The van der Waals surface area contributed by atoms with Crippen molar-refractivity contribution in [3.8, 4) is 5.75 Å². The Bertz CT molecular complexity index is 895. The lowest BCUT2D eigenvalue weighted by Crippen LogP contribution is -2.38. The second kappa shape index (κ2) is 10.0. The van der Waals surface area contributed by atoms with Gasteiger partial charge in [0.05, 0.1) is 6.21 Å². The molecule has 150 valence electrons. The minimum Gasteiger partial charge on any atom is -0.484 e. The van der Waals surface area contributed by atoms with Gasteiger partial charge in [0, 0.05) is 12.6 Å². The summed E-state index contributed by atoms with van der Waals surface area (Å²) in [5.41, 5.74) is 3.83. The second-order valence-electron chi connectivity index (χ2n) is 6.57. The number of nitrogens with zero attached hydrogens (tertiary/aromatic N) is 1. The number of hydrogen-bond donors (Lipinski definition) is 3. The molecule has 0 bridgehead atoms. The zero-order valence-electron chi connectivity index (χ0n) is 15.8. The topological polar surface area (TPSA) is 109 Å². The first-order valence-corrected chi connectivity index (χ1v) is 9.27. The number of carbonyl (C=O) groups excluding carboxylic acids is 3. The Kier molecular flexibility index (Phi) is 6.94. The number of nitrogens with one attached hydrogen (secondary N) is 3. The van der Waals surface area contributed by atoms with Gasteiger partial charge in [-0.3, -0.25) is 14.4 Å². The average Bonchev–Trinajstić information content (AvgIpc) is 3.55. The highest BCUT2D eigenvalue weighted by atomic mass is 16.5. The predicted octanol–water partition coefficient (Wildman–Crippen LogP) is 1.11. The highest BCUT2D eigenvalue weighted by Gasteiger charge is 2.26. The van der Waals surface area contributed by atoms with E-state index >= 15 is 0 Å². The number of hydrogen-bond acceptors (Lipinski definition) is 5. The van der Waals surface area contributed by atoms with Crippen molar-refractivity contribution in [2.24, 2.45) is 5.10 Å². The van der Waals surface area contributed by atoms with Gasteiger partial charge in [0.2, 0.25) is 0 Å². The third kappa shape index (κ3) is 7.10. The molecule has 0 aliphatic heterocycles. The quantitative estimate of drug-likeness (QED) is 0.354. The van der Waals surface area contributed by atoms with Gasteiger partial charge in [0.15, 0.2) is 6.61 Å². The molecule has 3 N–H and O–H groups in total. The van der Waals surface area contributed by atoms with Crippen LogP contribution in [-0.2, 0) is 20.9 Å². The minimum atomic E-state index is -0.810. The Morgan fingerprint density at radius 2 is 1.83 bits per heavy atom. The molecule has 1 aliphatic rings. The van der Waals surface area contributed by atoms with E-state index in [0.29, 0.717) is 17.9 Å². The SMILES string of the molecule is O=C(COc1cccc(/C=N\NC(=O)C(=O)NC2CC2)c1)NCc1ccccc1. The van der Waals surface area contributed by atoms with E-state index in [4.69, 9.17) is 4.74 Å². The molecule has 1 saturated carbocycles. The highest BCUT2D eigenvalue weighted by Crippen LogP contribution is 2.18. The van der Waals surface area contributed by atoms with E-state index in [9.17, 15) is 14.4 Å². The Morgan fingerprint density at radius 3 is 2.59 bits per heavy atom. The minimum absolute atomic E-state index is 0.107. The number of benzene rings is 2. The monoisotopic (exact) mass is 394 g/mol. The summed E-state index contributed by atoms with van der Waals surface area (Å²) in [6.07, 6.45) is 3.20. The van der Waals surface area contributed by atoms with Crippen LogP contribution in [0.1, 0.15) is 24.0 Å². The lowest BCUT2D eigenvalue weighted by atomic mass is 10.2. The molecule has 0 heterocycles. The fraction of sp³-hybridized carbons (Fsp3) is 0.238. The number of rotatable bonds is 8. The van der Waals surface area contributed by atoms with Gasteiger partial charge in [-0.25, -0.2) is 5.43 Å². The van der Waals surface area contributed by atoms with Gasteiger partial charge in [0.1, 0.15) is 5.75 Å². The summed E-state index contributed by atoms with van der Waals surface area (Å²) < 4.78 is 5.49. The number of hydrazone groups is 1. The van der Waals surface area contributed by atoms with Gasteiger partial charge >= 0.3 is 11.8 Å². The maximum Gasteiger partial charge on any atom is 0.329 e. The first-order valence-electron chi connectivity index (χ1n) is 9.27. The van der Waals surface area contributed by atoms with Crippen molar-refractivity contribution >= 4 is 23.9 Å². The van der Waals surface area contributed by atoms with Crippen molar-refractivity contribution in [2.45, 2.75) is 25.4 Å². The van der Waals surface area contributed by atoms with Gasteiger partial charge in [0.25, 0.3) is 5.91 Å². The zero-order chi connectivity index (χ0) is 20.5. The van der Waals surface area contributed by atoms with Crippen molar-refractivity contribution in [1.82, 2.24) is 16.1 Å². The fourth-order valence-corrected chi connectivity index (χ4v) is 2.38. The van der Waals surface area contributed by atoms with Crippen molar-refractivity contribution < 1.29 is 19.1 Å². The first kappa shape index (κ1) is 20.1. The van der Waals surface area contributed by atoms with Crippen LogP contribution in [0.25, 0.3) is 0 Å². The third-order valence-electron chi connectivity index (χ3n) is 4.06. The summed E-state index contributed by atoms with van der Waals surface area (Å²) in [7, 11) is 0. The van der Waals surface area contributed by atoms with E-state index < -0.39 is 11.8 Å². The molecule has 0 unspecified atom stereocenters. The average molecular weight is 394 g/mol. The van der Waals surface area contributed by atoms with Crippen LogP contribution in [0.3, 0.4) is 0 Å². The van der Waals surface area contributed by atoms with Crippen LogP contribution in [0.4, 0.5) is 0 Å². The van der Waals surface area contributed by atoms with E-state index in [2.05, 4.69) is 21.2 Å². The molecule has 0 spiro atoms. The third-order valence-corrected chi connectivity index (χ3v) is 4.06. The molecular weight excluding hydrogens is 372 g/mol. The largest absolute Gasteiger partial charge is 0.484 e. The van der Waals surface area contributed by atoms with E-state index in [-0.39, 0.29) is 18.6 Å². The highest BCUT2D eigenvalue weighted by molar-refractivity contribution is 6.35. The molecule has 2 aromatic rings. The summed E-state index contributed by atoms with van der Waals surface area (Å²) in [6.45, 7) is 0.315. The van der Waals surface area contributed by atoms with E-state index in [1.54, 1.807) is 24.3 Å². The van der Waals surface area contributed by atoms with Gasteiger partial charge in [-0.05, 0) is 36.1 Å². The Hall–Kier alpha value is -3.68. The van der Waals surface area contributed by atoms with Crippen LogP contribution in [0.5, 0.6) is 5.75 Å². The van der Waals surface area contributed by atoms with Gasteiger partial charge in [-0.1, -0.05) is 42.5 Å². The Balaban J connectivity index is 1.41. The standard InChI is InChI=1S/C21H22N4O4/c26-19(22-12-15-5-2-1-3-6-15)14-29-18-8-4-7-16(11-18)13-23-25-21(28)20(27)24-17-9-10-17/h1-8,11,13,17H,9-10,12,14H2,(H,22,26)(H,24,27)(H,25,28)/b23-13-. The molecule has 0 aromatic heterocycles. The molecule has 1 aliphatic carbocycles. The molecule has 8 nitrogen and oxygen atoms in total. The van der Waals surface area contributed by atoms with Crippen molar-refractivity contribution in [2.75, 3.05) is 6.61 Å². The van der Waals surface area contributed by atoms with E-state index in [1.807, 2.05) is 30.3 Å². The molecule has 3 rings (SSSR count). The van der Waals surface area contributed by atoms with Gasteiger partial charge < -0.3 is 15.4 Å². The van der Waals surface area contributed by atoms with Crippen molar-refractivity contribution in [1.29, 1.82) is 0 Å². The van der Waals surface area contributed by atoms with Crippen LogP contribution in [0.15, 0.2) is 59.7 Å². The summed E-state index contributed by atoms with van der Waals surface area (Å²) in [5, 5.41) is 9.13. The smallest absolute Gasteiger partial charge is 0.329 e. The molecule has 0 saturated heterocycles. The van der Waals surface area contributed by atoms with Crippen LogP contribution in [-0.4, -0.2) is 36.6 Å². The Morgan fingerprint density at radius 1 is 1.03 bits per heavy atom. The molecule has 0 atom stereocenters. The molecule has 29 heavy (non-hydrogen) atoms. The van der Waals surface area contributed by atoms with Crippen LogP contribution in [0.2, 0.25) is 0 Å². The summed E-state index contributed by atoms with van der Waals surface area (Å²) in [5.74, 6) is -1.25. The Labute approximate surface area is 168 Å². The van der Waals surface area contributed by atoms with Crippen LogP contribution in [0, 0.1) is 0 Å². The molecule has 2 aromatic carbocycles. The fourth-order valence-electron chi connectivity index (χ4n) is 2.38. The van der Waals surface area contributed by atoms with Gasteiger partial charge in [-0.2, -0.15) is 5.10 Å². The maximum absolute atomic E-state index is 11.9. The summed E-state index contributed by atoms with van der Waals surface area (Å²) in [6, 6.07) is 16.6. The van der Waals surface area contributed by atoms with Crippen LogP contribution < -0.4 is 20.8 Å². The maximum atomic E-state index is 11.9. The molecule has 3 amide bonds. The summed E-state index contributed by atoms with van der Waals surface area (Å²) >= 11 is 0. The number of carbonyl (C=O) groups is 3. The first-order chi connectivity index (χ1) is 14.1. The van der Waals surface area contributed by atoms with Crippen molar-refractivity contribution in [3.63, 3.8) is 0 Å². The lowest BCUT2D eigenvalue weighted by Gasteiger charge is -2.08. The number of ether oxygens (including phenoxy) is 1. The lowest BCUT2D eigenvalue weighted by molar-refractivity contribution is -0.139. The van der Waals surface area contributed by atoms with Crippen molar-refractivity contribution in [3.05, 3.63) is 65.7 Å². The number of amides is 3. The van der Waals surface area contributed by atoms with Gasteiger partial charge in [-0.15, -0.1) is 0 Å². The molecule has 0 radical (unpaired) electrons. The van der Waals surface area contributed by atoms with E-state index in [0.717, 1.165) is 18.4 Å². The predicted molar refractivity (Wildman–Crippen MR) is 107 cm³/mol. The second-order valence-corrected chi connectivity index (χ2v) is 6.57. The zero-order valence-corrected chi connectivity index (χ0v) is 15.8. The molecule has 8 heteroatoms. The normalized spacial score (nSPS) is 13.0. The molecule has 1 fully saturated rings. The van der Waals surface area contributed by atoms with Crippen LogP contribution >= 0.6 is 0 Å². The van der Waals surface area contributed by atoms with E-state index in [1.165, 1.54) is 6.21 Å².